The second-order valence-electron chi connectivity index (χ2n) is 11.0. The molecule has 0 saturated heterocycles. The highest BCUT2D eigenvalue weighted by atomic mass is 16.3. The van der Waals surface area contributed by atoms with E-state index in [9.17, 15) is 5.26 Å². The fourth-order valence-corrected chi connectivity index (χ4v) is 6.75. The smallest absolute Gasteiger partial charge is 0.159 e. The third-order valence-electron chi connectivity index (χ3n) is 8.59. The van der Waals surface area contributed by atoms with Crippen molar-refractivity contribution in [2.45, 2.75) is 6.92 Å². The summed E-state index contributed by atoms with van der Waals surface area (Å²) in [6.45, 7) is 2.15. The van der Waals surface area contributed by atoms with Crippen LogP contribution in [0, 0.1) is 18.3 Å². The number of hydrogen-bond acceptors (Lipinski definition) is 2. The molecule has 3 aromatic heterocycles. The third-order valence-corrected chi connectivity index (χ3v) is 8.59. The normalized spacial score (nSPS) is 11.9. The molecule has 0 aliphatic heterocycles. The van der Waals surface area contributed by atoms with Gasteiger partial charge >= 0.3 is 0 Å². The molecule has 42 heavy (non-hydrogen) atoms. The number of aryl methyl sites for hydroxylation is 1. The Kier molecular flexibility index (Phi) is 4.57. The fourth-order valence-electron chi connectivity index (χ4n) is 6.75. The maximum Gasteiger partial charge on any atom is 0.159 e. The SMILES string of the molecule is Cc1ccc2c(c1)c1ccccc1n2-c1ccc2oc3c(-n4c5ccccc5c5cc(C#N)ccc54)cccc3c2c1. The molecule has 196 valence electrons. The Morgan fingerprint density at radius 2 is 1.21 bits per heavy atom. The summed E-state index contributed by atoms with van der Waals surface area (Å²) in [4.78, 5) is 0. The summed E-state index contributed by atoms with van der Waals surface area (Å²) in [7, 11) is 0. The van der Waals surface area contributed by atoms with Gasteiger partial charge in [0.15, 0.2) is 5.58 Å². The van der Waals surface area contributed by atoms with Crippen LogP contribution in [0.5, 0.6) is 0 Å². The molecule has 0 saturated carbocycles. The zero-order chi connectivity index (χ0) is 27.9. The summed E-state index contributed by atoms with van der Waals surface area (Å²) in [5.74, 6) is 0. The lowest BCUT2D eigenvalue weighted by Crippen LogP contribution is -1.94. The van der Waals surface area contributed by atoms with Gasteiger partial charge in [0.25, 0.3) is 0 Å². The minimum atomic E-state index is 0.653. The Balaban J connectivity index is 1.33. The molecule has 0 aliphatic rings. The van der Waals surface area contributed by atoms with Gasteiger partial charge in [-0.25, -0.2) is 0 Å². The highest BCUT2D eigenvalue weighted by molar-refractivity contribution is 6.14. The van der Waals surface area contributed by atoms with Gasteiger partial charge in [-0.2, -0.15) is 5.26 Å². The Hall–Kier alpha value is -5.79. The summed E-state index contributed by atoms with van der Waals surface area (Å²) in [5.41, 5.74) is 10.2. The molecule has 0 bridgehead atoms. The number of hydrogen-bond donors (Lipinski definition) is 0. The minimum Gasteiger partial charge on any atom is -0.454 e. The van der Waals surface area contributed by atoms with Gasteiger partial charge in [-0.15, -0.1) is 0 Å². The van der Waals surface area contributed by atoms with Crippen molar-refractivity contribution in [3.05, 3.63) is 132 Å². The minimum absolute atomic E-state index is 0.653. The first-order chi connectivity index (χ1) is 20.7. The number of fused-ring (bicyclic) bond motifs is 9. The van der Waals surface area contributed by atoms with Gasteiger partial charge in [-0.05, 0) is 73.7 Å². The van der Waals surface area contributed by atoms with Crippen LogP contribution in [-0.4, -0.2) is 9.13 Å². The predicted octanol–water partition coefficient (Wildman–Crippen LogP) is 9.96. The molecule has 6 aromatic carbocycles. The fraction of sp³-hybridized carbons (Fsp3) is 0.0263. The van der Waals surface area contributed by atoms with Gasteiger partial charge in [0.1, 0.15) is 5.58 Å². The summed E-state index contributed by atoms with van der Waals surface area (Å²) in [5, 5.41) is 16.4. The lowest BCUT2D eigenvalue weighted by atomic mass is 10.1. The number of aromatic nitrogens is 2. The maximum atomic E-state index is 9.56. The Labute approximate surface area is 240 Å². The number of para-hydroxylation sites is 3. The monoisotopic (exact) mass is 537 g/mol. The van der Waals surface area contributed by atoms with Gasteiger partial charge in [-0.3, -0.25) is 0 Å². The van der Waals surface area contributed by atoms with Crippen molar-refractivity contribution in [2.24, 2.45) is 0 Å². The molecule has 0 unspecified atom stereocenters. The first-order valence-corrected chi connectivity index (χ1v) is 14.1. The van der Waals surface area contributed by atoms with E-state index in [1.807, 2.05) is 24.3 Å². The average molecular weight is 538 g/mol. The maximum absolute atomic E-state index is 9.56. The Bertz CT molecular complexity index is 2600. The molecule has 0 spiro atoms. The number of furan rings is 1. The molecule has 0 N–H and O–H groups in total. The number of nitrogens with zero attached hydrogens (tertiary/aromatic N) is 3. The van der Waals surface area contributed by atoms with E-state index < -0.39 is 0 Å². The first-order valence-electron chi connectivity index (χ1n) is 14.1. The van der Waals surface area contributed by atoms with Gasteiger partial charge in [-0.1, -0.05) is 60.2 Å². The molecule has 3 heterocycles. The van der Waals surface area contributed by atoms with E-state index in [1.165, 1.54) is 27.4 Å². The molecule has 9 aromatic rings. The highest BCUT2D eigenvalue weighted by Gasteiger charge is 2.19. The lowest BCUT2D eigenvalue weighted by molar-refractivity contribution is 0.666. The third kappa shape index (κ3) is 3.05. The molecule has 0 atom stereocenters. The van der Waals surface area contributed by atoms with Gasteiger partial charge in [0.2, 0.25) is 0 Å². The zero-order valence-electron chi connectivity index (χ0n) is 22.8. The largest absolute Gasteiger partial charge is 0.454 e. The van der Waals surface area contributed by atoms with Crippen molar-refractivity contribution in [3.63, 3.8) is 0 Å². The average Bonchev–Trinajstić information content (AvgIpc) is 3.68. The van der Waals surface area contributed by atoms with Crippen LogP contribution in [0.15, 0.2) is 126 Å². The van der Waals surface area contributed by atoms with Crippen molar-refractivity contribution < 1.29 is 4.42 Å². The van der Waals surface area contributed by atoms with Crippen LogP contribution in [0.3, 0.4) is 0 Å². The van der Waals surface area contributed by atoms with E-state index in [4.69, 9.17) is 4.42 Å². The predicted molar refractivity (Wildman–Crippen MR) is 172 cm³/mol. The Morgan fingerprint density at radius 1 is 0.548 bits per heavy atom. The van der Waals surface area contributed by atoms with Crippen molar-refractivity contribution >= 4 is 65.6 Å². The van der Waals surface area contributed by atoms with Crippen LogP contribution in [0.25, 0.3) is 76.9 Å². The van der Waals surface area contributed by atoms with Crippen molar-refractivity contribution in [1.82, 2.24) is 9.13 Å². The van der Waals surface area contributed by atoms with E-state index in [2.05, 4.69) is 119 Å². The van der Waals surface area contributed by atoms with Crippen molar-refractivity contribution in [1.29, 1.82) is 5.26 Å². The summed E-state index contributed by atoms with van der Waals surface area (Å²) >= 11 is 0. The van der Waals surface area contributed by atoms with Crippen molar-refractivity contribution in [2.75, 3.05) is 0 Å². The van der Waals surface area contributed by atoms with Crippen LogP contribution in [0.4, 0.5) is 0 Å². The summed E-state index contributed by atoms with van der Waals surface area (Å²) in [6, 6.07) is 44.7. The first kappa shape index (κ1) is 23.0. The zero-order valence-corrected chi connectivity index (χ0v) is 22.8. The number of benzene rings is 6. The van der Waals surface area contributed by atoms with E-state index >= 15 is 0 Å². The van der Waals surface area contributed by atoms with Gasteiger partial charge in [0.05, 0.1) is 39.4 Å². The number of nitriles is 1. The quantitative estimate of drug-likeness (QED) is 0.220. The topological polar surface area (TPSA) is 46.8 Å². The molecular formula is C38H23N3O. The molecular weight excluding hydrogens is 514 g/mol. The number of rotatable bonds is 2. The summed E-state index contributed by atoms with van der Waals surface area (Å²) < 4.78 is 11.2. The molecule has 9 rings (SSSR count). The van der Waals surface area contributed by atoms with Crippen molar-refractivity contribution in [3.8, 4) is 17.4 Å². The molecule has 0 aliphatic carbocycles. The van der Waals surface area contributed by atoms with Crippen LogP contribution in [0.2, 0.25) is 0 Å². The van der Waals surface area contributed by atoms with Crippen LogP contribution >= 0.6 is 0 Å². The lowest BCUT2D eigenvalue weighted by Gasteiger charge is -2.09. The molecule has 4 nitrogen and oxygen atoms in total. The van der Waals surface area contributed by atoms with E-state index in [1.54, 1.807) is 0 Å². The Morgan fingerprint density at radius 3 is 2.02 bits per heavy atom. The second-order valence-corrected chi connectivity index (χ2v) is 11.0. The molecule has 0 fully saturated rings. The molecule has 0 radical (unpaired) electrons. The van der Waals surface area contributed by atoms with Gasteiger partial charge in [0, 0.05) is 38.0 Å². The van der Waals surface area contributed by atoms with Crippen LogP contribution in [0.1, 0.15) is 11.1 Å². The van der Waals surface area contributed by atoms with Crippen LogP contribution in [-0.2, 0) is 0 Å². The van der Waals surface area contributed by atoms with E-state index in [0.717, 1.165) is 55.1 Å². The molecule has 4 heteroatoms. The van der Waals surface area contributed by atoms with E-state index in [0.29, 0.717) is 5.56 Å². The summed E-state index contributed by atoms with van der Waals surface area (Å²) in [6.07, 6.45) is 0. The second kappa shape index (κ2) is 8.36. The van der Waals surface area contributed by atoms with Crippen LogP contribution < -0.4 is 0 Å². The standard InChI is InChI=1S/C38H23N3O/c1-23-13-16-34-29(19-23)26-7-2-4-10-32(26)40(34)25-15-18-37-31(21-25)28-9-6-12-36(38(28)42-37)41-33-11-5-3-8-27(33)30-20-24(22-39)14-17-35(30)41/h2-21H,1H3. The van der Waals surface area contributed by atoms with Gasteiger partial charge < -0.3 is 13.6 Å². The van der Waals surface area contributed by atoms with E-state index in [-0.39, 0.29) is 0 Å². The molecule has 0 amide bonds. The highest BCUT2D eigenvalue weighted by Crippen LogP contribution is 2.40.